The molecule has 0 amide bonds. The second kappa shape index (κ2) is 5.10. The van der Waals surface area contributed by atoms with E-state index >= 15 is 0 Å². The first-order valence-electron chi connectivity index (χ1n) is 8.12. The number of likely N-dealkylation sites (tertiary alicyclic amines) is 1. The number of hydrogen-bond acceptors (Lipinski definition) is 3. The zero-order valence-corrected chi connectivity index (χ0v) is 14.4. The molecule has 3 atom stereocenters. The maximum atomic E-state index is 12.4. The van der Waals surface area contributed by atoms with Gasteiger partial charge in [0.2, 0.25) is 0 Å². The Bertz CT molecular complexity index is 377. The number of piperidine rings is 1. The molecule has 3 unspecified atom stereocenters. The van der Waals surface area contributed by atoms with E-state index in [-0.39, 0.29) is 17.0 Å². The van der Waals surface area contributed by atoms with E-state index in [1.54, 1.807) is 0 Å². The number of nitrogens with zero attached hydrogens (tertiary/aromatic N) is 2. The number of carbonyl (C=O) groups excluding carboxylic acids is 1. The molecule has 0 aromatic rings. The van der Waals surface area contributed by atoms with E-state index < -0.39 is 0 Å². The normalized spacial score (nSPS) is 33.5. The van der Waals surface area contributed by atoms with Gasteiger partial charge in [-0.3, -0.25) is 14.6 Å². The van der Waals surface area contributed by atoms with Gasteiger partial charge in [0.1, 0.15) is 5.78 Å². The molecule has 3 heteroatoms. The van der Waals surface area contributed by atoms with Gasteiger partial charge in [-0.2, -0.15) is 0 Å². The van der Waals surface area contributed by atoms with Gasteiger partial charge in [-0.1, -0.05) is 6.92 Å². The molecule has 2 heterocycles. The van der Waals surface area contributed by atoms with Gasteiger partial charge in [-0.25, -0.2) is 0 Å². The van der Waals surface area contributed by atoms with Crippen molar-refractivity contribution in [2.75, 3.05) is 13.1 Å². The Morgan fingerprint density at radius 2 is 1.65 bits per heavy atom. The predicted molar refractivity (Wildman–Crippen MR) is 83.9 cm³/mol. The number of ketones is 1. The summed E-state index contributed by atoms with van der Waals surface area (Å²) >= 11 is 0. The summed E-state index contributed by atoms with van der Waals surface area (Å²) in [5.41, 5.74) is 0.340. The number of hydrogen-bond donors (Lipinski definition) is 0. The van der Waals surface area contributed by atoms with Crippen molar-refractivity contribution >= 4 is 5.78 Å². The average Bonchev–Trinajstić information content (AvgIpc) is 2.25. The van der Waals surface area contributed by atoms with Crippen LogP contribution in [0.3, 0.4) is 0 Å². The second-order valence-electron chi connectivity index (χ2n) is 8.56. The molecule has 3 nitrogen and oxygen atoms in total. The standard InChI is InChI=1S/C17H32N2O/c1-8-13-14-11-18(16(2,3)4)10-12(9-15(13)20)19(14)17(5,6)7/h12-14H,8-11H2,1-7H3. The van der Waals surface area contributed by atoms with Crippen molar-refractivity contribution in [2.45, 2.75) is 84.5 Å². The predicted octanol–water partition coefficient (Wildman–Crippen LogP) is 2.94. The molecule has 0 aliphatic carbocycles. The third-order valence-electron chi connectivity index (χ3n) is 5.07. The lowest BCUT2D eigenvalue weighted by Crippen LogP contribution is -2.71. The quantitative estimate of drug-likeness (QED) is 0.738. The Morgan fingerprint density at radius 3 is 2.10 bits per heavy atom. The number of carbonyl (C=O) groups is 1. The zero-order valence-electron chi connectivity index (χ0n) is 14.4. The molecule has 116 valence electrons. The first-order valence-corrected chi connectivity index (χ1v) is 8.12. The van der Waals surface area contributed by atoms with Crippen LogP contribution in [-0.4, -0.2) is 51.8 Å². The third kappa shape index (κ3) is 2.80. The van der Waals surface area contributed by atoms with Crippen molar-refractivity contribution in [3.63, 3.8) is 0 Å². The molecule has 20 heavy (non-hydrogen) atoms. The maximum Gasteiger partial charge on any atom is 0.139 e. The number of rotatable bonds is 1. The largest absolute Gasteiger partial charge is 0.299 e. The fraction of sp³-hybridized carbons (Fsp3) is 0.941. The van der Waals surface area contributed by atoms with Crippen molar-refractivity contribution in [2.24, 2.45) is 5.92 Å². The van der Waals surface area contributed by atoms with Gasteiger partial charge >= 0.3 is 0 Å². The van der Waals surface area contributed by atoms with E-state index in [9.17, 15) is 4.79 Å². The molecular formula is C17H32N2O. The smallest absolute Gasteiger partial charge is 0.139 e. The summed E-state index contributed by atoms with van der Waals surface area (Å²) in [5.74, 6) is 0.715. The summed E-state index contributed by atoms with van der Waals surface area (Å²) < 4.78 is 0. The molecule has 2 fully saturated rings. The van der Waals surface area contributed by atoms with Gasteiger partial charge < -0.3 is 0 Å². The minimum Gasteiger partial charge on any atom is -0.299 e. The van der Waals surface area contributed by atoms with Crippen LogP contribution in [0.5, 0.6) is 0 Å². The summed E-state index contributed by atoms with van der Waals surface area (Å²) in [5, 5.41) is 0. The summed E-state index contributed by atoms with van der Waals surface area (Å²) in [6.45, 7) is 18.0. The van der Waals surface area contributed by atoms with Gasteiger partial charge in [-0.15, -0.1) is 0 Å². The van der Waals surface area contributed by atoms with Crippen LogP contribution in [0.25, 0.3) is 0 Å². The fourth-order valence-electron chi connectivity index (χ4n) is 4.18. The monoisotopic (exact) mass is 280 g/mol. The molecule has 0 aromatic heterocycles. The zero-order chi connectivity index (χ0) is 15.3. The van der Waals surface area contributed by atoms with Crippen LogP contribution in [0.15, 0.2) is 0 Å². The molecule has 2 bridgehead atoms. The Kier molecular flexibility index (Phi) is 4.07. The van der Waals surface area contributed by atoms with Crippen molar-refractivity contribution in [3.8, 4) is 0 Å². The minimum absolute atomic E-state index is 0.146. The average molecular weight is 280 g/mol. The van der Waals surface area contributed by atoms with Crippen LogP contribution in [0.4, 0.5) is 0 Å². The second-order valence-corrected chi connectivity index (χ2v) is 8.56. The number of piperazine rings is 1. The van der Waals surface area contributed by atoms with E-state index in [2.05, 4.69) is 58.3 Å². The topological polar surface area (TPSA) is 23.6 Å². The lowest BCUT2D eigenvalue weighted by atomic mass is 9.76. The highest BCUT2D eigenvalue weighted by Gasteiger charge is 2.50. The molecule has 2 rings (SSSR count). The molecule has 0 spiro atoms. The summed E-state index contributed by atoms with van der Waals surface area (Å²) in [6, 6.07) is 0.780. The fourth-order valence-corrected chi connectivity index (χ4v) is 4.18. The molecule has 2 saturated heterocycles. The lowest BCUT2D eigenvalue weighted by molar-refractivity contribution is -0.148. The molecular weight excluding hydrogens is 248 g/mol. The first kappa shape index (κ1) is 16.0. The van der Waals surface area contributed by atoms with Gasteiger partial charge in [0.25, 0.3) is 0 Å². The highest BCUT2D eigenvalue weighted by Crippen LogP contribution is 2.39. The van der Waals surface area contributed by atoms with E-state index in [1.807, 2.05) is 0 Å². The highest BCUT2D eigenvalue weighted by atomic mass is 16.1. The molecule has 0 saturated carbocycles. The van der Waals surface area contributed by atoms with E-state index in [4.69, 9.17) is 0 Å². The van der Waals surface area contributed by atoms with E-state index in [1.165, 1.54) is 0 Å². The summed E-state index contributed by atoms with van der Waals surface area (Å²) in [4.78, 5) is 17.6. The molecule has 2 aliphatic heterocycles. The third-order valence-corrected chi connectivity index (χ3v) is 5.07. The maximum absolute atomic E-state index is 12.4. The van der Waals surface area contributed by atoms with Gasteiger partial charge in [0.05, 0.1) is 0 Å². The SMILES string of the molecule is CCC1C(=O)CC2CN(C(C)(C)C)CC1N2C(C)(C)C. The van der Waals surface area contributed by atoms with E-state index in [0.29, 0.717) is 17.9 Å². The first-order chi connectivity index (χ1) is 9.05. The Hall–Kier alpha value is -0.410. The minimum atomic E-state index is 0.146. The van der Waals surface area contributed by atoms with Crippen molar-refractivity contribution in [1.29, 1.82) is 0 Å². The molecule has 2 aliphatic rings. The van der Waals surface area contributed by atoms with Crippen LogP contribution in [0.1, 0.15) is 61.3 Å². The molecule has 0 radical (unpaired) electrons. The van der Waals surface area contributed by atoms with Crippen LogP contribution in [-0.2, 0) is 4.79 Å². The van der Waals surface area contributed by atoms with Crippen molar-refractivity contribution in [1.82, 2.24) is 9.80 Å². The Balaban J connectivity index is 2.34. The lowest BCUT2D eigenvalue weighted by Gasteiger charge is -2.59. The van der Waals surface area contributed by atoms with Crippen LogP contribution in [0, 0.1) is 5.92 Å². The Labute approximate surface area is 124 Å². The van der Waals surface area contributed by atoms with Gasteiger partial charge in [0, 0.05) is 48.6 Å². The van der Waals surface area contributed by atoms with Crippen LogP contribution >= 0.6 is 0 Å². The number of fused-ring (bicyclic) bond motifs is 2. The van der Waals surface area contributed by atoms with E-state index in [0.717, 1.165) is 25.9 Å². The Morgan fingerprint density at radius 1 is 1.05 bits per heavy atom. The van der Waals surface area contributed by atoms with Crippen LogP contribution in [0.2, 0.25) is 0 Å². The van der Waals surface area contributed by atoms with Gasteiger partial charge in [-0.05, 0) is 48.0 Å². The van der Waals surface area contributed by atoms with Gasteiger partial charge in [0.15, 0.2) is 0 Å². The van der Waals surface area contributed by atoms with Crippen molar-refractivity contribution in [3.05, 3.63) is 0 Å². The number of Topliss-reactive ketones (excluding diaryl/α,β-unsaturated/α-hetero) is 1. The van der Waals surface area contributed by atoms with Crippen LogP contribution < -0.4 is 0 Å². The molecule has 0 N–H and O–H groups in total. The molecule has 0 aromatic carbocycles. The highest BCUT2D eigenvalue weighted by molar-refractivity contribution is 5.83. The summed E-state index contributed by atoms with van der Waals surface area (Å²) in [6.07, 6.45) is 1.71. The van der Waals surface area contributed by atoms with Crippen molar-refractivity contribution < 1.29 is 4.79 Å². The summed E-state index contributed by atoms with van der Waals surface area (Å²) in [7, 11) is 0.